The molecule has 0 saturated heterocycles. The van der Waals surface area contributed by atoms with Gasteiger partial charge in [0.2, 0.25) is 5.91 Å². The lowest BCUT2D eigenvalue weighted by atomic mass is 10.1. The van der Waals surface area contributed by atoms with Gasteiger partial charge >= 0.3 is 0 Å². The second-order valence-electron chi connectivity index (χ2n) is 4.77. The lowest BCUT2D eigenvalue weighted by Crippen LogP contribution is -2.48. The molecule has 0 saturated carbocycles. The van der Waals surface area contributed by atoms with Crippen molar-refractivity contribution < 1.29 is 4.79 Å². The molecule has 0 aliphatic carbocycles. The molecule has 1 aromatic heterocycles. The fourth-order valence-electron chi connectivity index (χ4n) is 2.51. The molecular weight excluding hydrogens is 214 g/mol. The van der Waals surface area contributed by atoms with Gasteiger partial charge in [-0.05, 0) is 32.4 Å². The number of nitrogens with zero attached hydrogens (tertiary/aromatic N) is 2. The minimum absolute atomic E-state index is 0.0742. The third kappa shape index (κ3) is 1.97. The number of rotatable bonds is 2. The van der Waals surface area contributed by atoms with Gasteiger partial charge in [0.1, 0.15) is 0 Å². The van der Waals surface area contributed by atoms with E-state index in [0.29, 0.717) is 6.42 Å². The van der Waals surface area contributed by atoms with Crippen molar-refractivity contribution in [2.45, 2.75) is 45.8 Å². The standard InChI is InChI=1S/C13H21N3O/c1-4-11(14)13(17)16-8-7-15-9(2)5-6-12(15)10(16)3/h5-6,10-11H,4,7-8,14H2,1-3H3. The summed E-state index contributed by atoms with van der Waals surface area (Å²) in [5.74, 6) is 0.0742. The third-order valence-electron chi connectivity index (χ3n) is 3.73. The van der Waals surface area contributed by atoms with E-state index in [1.165, 1.54) is 11.4 Å². The van der Waals surface area contributed by atoms with Gasteiger partial charge in [0.15, 0.2) is 0 Å². The molecule has 4 heteroatoms. The number of carbonyl (C=O) groups is 1. The smallest absolute Gasteiger partial charge is 0.240 e. The molecule has 17 heavy (non-hydrogen) atoms. The van der Waals surface area contributed by atoms with Gasteiger partial charge in [0.25, 0.3) is 0 Å². The predicted octanol–water partition coefficient (Wildman–Crippen LogP) is 1.44. The average molecular weight is 235 g/mol. The number of aryl methyl sites for hydroxylation is 1. The van der Waals surface area contributed by atoms with Crippen molar-refractivity contribution in [2.75, 3.05) is 6.54 Å². The maximum atomic E-state index is 12.1. The Morgan fingerprint density at radius 1 is 1.53 bits per heavy atom. The molecule has 0 radical (unpaired) electrons. The maximum absolute atomic E-state index is 12.1. The molecule has 1 aromatic rings. The Labute approximate surface area is 102 Å². The molecule has 2 rings (SSSR count). The van der Waals surface area contributed by atoms with Gasteiger partial charge in [-0.15, -0.1) is 0 Å². The van der Waals surface area contributed by atoms with Crippen molar-refractivity contribution in [3.63, 3.8) is 0 Å². The molecule has 0 aromatic carbocycles. The van der Waals surface area contributed by atoms with E-state index in [9.17, 15) is 4.79 Å². The zero-order valence-electron chi connectivity index (χ0n) is 10.8. The molecule has 2 N–H and O–H groups in total. The van der Waals surface area contributed by atoms with E-state index in [1.807, 2.05) is 11.8 Å². The van der Waals surface area contributed by atoms with Crippen LogP contribution in [0.3, 0.4) is 0 Å². The van der Waals surface area contributed by atoms with Gasteiger partial charge < -0.3 is 15.2 Å². The minimum atomic E-state index is -0.361. The zero-order valence-corrected chi connectivity index (χ0v) is 10.8. The van der Waals surface area contributed by atoms with Crippen molar-refractivity contribution in [1.82, 2.24) is 9.47 Å². The van der Waals surface area contributed by atoms with Crippen LogP contribution >= 0.6 is 0 Å². The molecule has 0 spiro atoms. The molecule has 94 valence electrons. The monoisotopic (exact) mass is 235 g/mol. The van der Waals surface area contributed by atoms with Crippen molar-refractivity contribution >= 4 is 5.91 Å². The Balaban J connectivity index is 2.23. The predicted molar refractivity (Wildman–Crippen MR) is 67.6 cm³/mol. The topological polar surface area (TPSA) is 51.3 Å². The summed E-state index contributed by atoms with van der Waals surface area (Å²) in [6.07, 6.45) is 0.697. The van der Waals surface area contributed by atoms with E-state index in [4.69, 9.17) is 5.73 Å². The Hall–Kier alpha value is -1.29. The highest BCUT2D eigenvalue weighted by Gasteiger charge is 2.30. The van der Waals surface area contributed by atoms with Crippen LogP contribution in [0.2, 0.25) is 0 Å². The average Bonchev–Trinajstić information content (AvgIpc) is 2.71. The summed E-state index contributed by atoms with van der Waals surface area (Å²) in [7, 11) is 0. The van der Waals surface area contributed by atoms with E-state index in [-0.39, 0.29) is 18.0 Å². The zero-order chi connectivity index (χ0) is 12.6. The second-order valence-corrected chi connectivity index (χ2v) is 4.77. The molecule has 1 aliphatic heterocycles. The van der Waals surface area contributed by atoms with Crippen LogP contribution in [-0.4, -0.2) is 28.0 Å². The Morgan fingerprint density at radius 2 is 2.24 bits per heavy atom. The highest BCUT2D eigenvalue weighted by Crippen LogP contribution is 2.27. The molecule has 2 heterocycles. The Kier molecular flexibility index (Phi) is 3.24. The highest BCUT2D eigenvalue weighted by atomic mass is 16.2. The second kappa shape index (κ2) is 4.53. The first-order valence-corrected chi connectivity index (χ1v) is 6.28. The lowest BCUT2D eigenvalue weighted by molar-refractivity contribution is -0.135. The Bertz CT molecular complexity index is 424. The summed E-state index contributed by atoms with van der Waals surface area (Å²) in [5.41, 5.74) is 8.31. The molecule has 2 unspecified atom stereocenters. The molecule has 1 aliphatic rings. The molecule has 2 atom stereocenters. The molecular formula is C13H21N3O. The van der Waals surface area contributed by atoms with Crippen LogP contribution in [0.5, 0.6) is 0 Å². The molecule has 4 nitrogen and oxygen atoms in total. The van der Waals surface area contributed by atoms with Crippen LogP contribution in [0.1, 0.15) is 37.7 Å². The first-order valence-electron chi connectivity index (χ1n) is 6.28. The molecule has 0 fully saturated rings. The fraction of sp³-hybridized carbons (Fsp3) is 0.615. The van der Waals surface area contributed by atoms with E-state index in [2.05, 4.69) is 30.5 Å². The van der Waals surface area contributed by atoms with Crippen molar-refractivity contribution in [2.24, 2.45) is 5.73 Å². The number of amides is 1. The van der Waals surface area contributed by atoms with Crippen LogP contribution in [0.25, 0.3) is 0 Å². The van der Waals surface area contributed by atoms with Gasteiger partial charge in [-0.1, -0.05) is 6.92 Å². The van der Waals surface area contributed by atoms with Gasteiger partial charge in [-0.3, -0.25) is 4.79 Å². The summed E-state index contributed by atoms with van der Waals surface area (Å²) < 4.78 is 2.28. The quantitative estimate of drug-likeness (QED) is 0.843. The summed E-state index contributed by atoms with van der Waals surface area (Å²) >= 11 is 0. The van der Waals surface area contributed by atoms with Crippen molar-refractivity contribution in [3.05, 3.63) is 23.5 Å². The van der Waals surface area contributed by atoms with Gasteiger partial charge in [-0.25, -0.2) is 0 Å². The minimum Gasteiger partial charge on any atom is -0.345 e. The number of hydrogen-bond donors (Lipinski definition) is 1. The van der Waals surface area contributed by atoms with Crippen molar-refractivity contribution in [1.29, 1.82) is 0 Å². The van der Waals surface area contributed by atoms with Crippen LogP contribution < -0.4 is 5.73 Å². The van der Waals surface area contributed by atoms with E-state index >= 15 is 0 Å². The fourth-order valence-corrected chi connectivity index (χ4v) is 2.51. The molecule has 0 bridgehead atoms. The lowest BCUT2D eigenvalue weighted by Gasteiger charge is -2.36. The Morgan fingerprint density at radius 3 is 2.88 bits per heavy atom. The van der Waals surface area contributed by atoms with Crippen molar-refractivity contribution in [3.8, 4) is 0 Å². The van der Waals surface area contributed by atoms with Crippen LogP contribution in [0.15, 0.2) is 12.1 Å². The van der Waals surface area contributed by atoms with E-state index in [1.54, 1.807) is 0 Å². The maximum Gasteiger partial charge on any atom is 0.240 e. The van der Waals surface area contributed by atoms with Gasteiger partial charge in [-0.2, -0.15) is 0 Å². The van der Waals surface area contributed by atoms with Gasteiger partial charge in [0.05, 0.1) is 12.1 Å². The van der Waals surface area contributed by atoms with Crippen LogP contribution in [0.4, 0.5) is 0 Å². The van der Waals surface area contributed by atoms with Crippen LogP contribution in [-0.2, 0) is 11.3 Å². The SMILES string of the molecule is CCC(N)C(=O)N1CCn2c(C)ccc2C1C. The number of aromatic nitrogens is 1. The normalized spacial score (nSPS) is 21.2. The van der Waals surface area contributed by atoms with E-state index in [0.717, 1.165) is 13.1 Å². The number of nitrogens with two attached hydrogens (primary N) is 1. The first-order chi connectivity index (χ1) is 8.06. The summed E-state index contributed by atoms with van der Waals surface area (Å²) in [4.78, 5) is 14.1. The molecule has 1 amide bonds. The summed E-state index contributed by atoms with van der Waals surface area (Å²) in [6, 6.07) is 3.99. The number of carbonyl (C=O) groups excluding carboxylic acids is 1. The third-order valence-corrected chi connectivity index (χ3v) is 3.73. The van der Waals surface area contributed by atoms with Gasteiger partial charge in [0, 0.05) is 24.5 Å². The number of fused-ring (bicyclic) bond motifs is 1. The first kappa shape index (κ1) is 12.2. The summed E-state index contributed by atoms with van der Waals surface area (Å²) in [6.45, 7) is 7.76. The van der Waals surface area contributed by atoms with Crippen LogP contribution in [0, 0.1) is 6.92 Å². The highest BCUT2D eigenvalue weighted by molar-refractivity contribution is 5.82. The summed E-state index contributed by atoms with van der Waals surface area (Å²) in [5, 5.41) is 0. The largest absolute Gasteiger partial charge is 0.345 e. The van der Waals surface area contributed by atoms with E-state index < -0.39 is 0 Å². The number of hydrogen-bond acceptors (Lipinski definition) is 2.